The minimum Gasteiger partial charge on any atom is -0.311 e. The van der Waals surface area contributed by atoms with Crippen LogP contribution in [0, 0.1) is 6.92 Å². The van der Waals surface area contributed by atoms with E-state index in [2.05, 4.69) is 212 Å². The fourth-order valence-corrected chi connectivity index (χ4v) is 7.85. The molecule has 0 amide bonds. The standard InChI is InChI=1S/C55H46N4/c1-39-23-33-46(34-24-39)58(48-37-31-44(32-38-48)55(2,3)4)47-35-29-41(30-36-47)50-20-12-14-22-52(50)51-21-13-11-19-49(51)40-25-27-43(28-26-40)54-57-56-53(42-15-7-5-8-16-42)59(54)45-17-9-6-10-18-45/h5-38H,1-4H3. The number of hydrogen-bond donors (Lipinski definition) is 0. The second-order valence-corrected chi connectivity index (χ2v) is 16.1. The second-order valence-electron chi connectivity index (χ2n) is 16.1. The van der Waals surface area contributed by atoms with Crippen molar-refractivity contribution >= 4 is 17.1 Å². The van der Waals surface area contributed by atoms with Crippen molar-refractivity contribution in [3.8, 4) is 61.8 Å². The Labute approximate surface area is 347 Å². The predicted molar refractivity (Wildman–Crippen MR) is 247 cm³/mol. The van der Waals surface area contributed by atoms with Gasteiger partial charge in [0.2, 0.25) is 0 Å². The van der Waals surface area contributed by atoms with Crippen LogP contribution in [-0.2, 0) is 5.41 Å². The minimum atomic E-state index is 0.0855. The highest BCUT2D eigenvalue weighted by atomic mass is 15.3. The van der Waals surface area contributed by atoms with Crippen LogP contribution < -0.4 is 4.90 Å². The number of rotatable bonds is 9. The summed E-state index contributed by atoms with van der Waals surface area (Å²) in [4.78, 5) is 2.34. The van der Waals surface area contributed by atoms with E-state index in [-0.39, 0.29) is 5.41 Å². The molecule has 0 atom stereocenters. The Morgan fingerprint density at radius 3 is 1.24 bits per heavy atom. The van der Waals surface area contributed by atoms with Gasteiger partial charge in [0.05, 0.1) is 0 Å². The summed E-state index contributed by atoms with van der Waals surface area (Å²) in [5.41, 5.74) is 16.1. The Bertz CT molecular complexity index is 2810. The summed E-state index contributed by atoms with van der Waals surface area (Å²) in [7, 11) is 0. The summed E-state index contributed by atoms with van der Waals surface area (Å²) in [6.07, 6.45) is 0. The molecule has 0 aliphatic carbocycles. The first kappa shape index (κ1) is 37.3. The summed E-state index contributed by atoms with van der Waals surface area (Å²) in [5.74, 6) is 1.61. The largest absolute Gasteiger partial charge is 0.311 e. The van der Waals surface area contributed by atoms with Gasteiger partial charge in [0.25, 0.3) is 0 Å². The Morgan fingerprint density at radius 1 is 0.373 bits per heavy atom. The van der Waals surface area contributed by atoms with Crippen molar-refractivity contribution in [2.75, 3.05) is 4.90 Å². The fourth-order valence-electron chi connectivity index (χ4n) is 7.85. The van der Waals surface area contributed by atoms with Gasteiger partial charge < -0.3 is 4.90 Å². The summed E-state index contributed by atoms with van der Waals surface area (Å²) < 4.78 is 2.14. The van der Waals surface area contributed by atoms with E-state index in [0.29, 0.717) is 0 Å². The summed E-state index contributed by atoms with van der Waals surface area (Å²) in [5, 5.41) is 9.41. The van der Waals surface area contributed by atoms with Crippen LogP contribution in [0.25, 0.3) is 61.8 Å². The van der Waals surface area contributed by atoms with Crippen LogP contribution in [0.1, 0.15) is 31.9 Å². The molecule has 0 aliphatic heterocycles. The van der Waals surface area contributed by atoms with Gasteiger partial charge in [0, 0.05) is 33.9 Å². The molecule has 0 spiro atoms. The quantitative estimate of drug-likeness (QED) is 0.147. The Hall–Kier alpha value is -7.30. The molecule has 286 valence electrons. The molecule has 59 heavy (non-hydrogen) atoms. The molecule has 0 radical (unpaired) electrons. The smallest absolute Gasteiger partial charge is 0.168 e. The van der Waals surface area contributed by atoms with E-state index in [0.717, 1.165) is 56.7 Å². The molecule has 8 aromatic carbocycles. The van der Waals surface area contributed by atoms with Crippen LogP contribution in [0.2, 0.25) is 0 Å². The normalized spacial score (nSPS) is 11.4. The lowest BCUT2D eigenvalue weighted by molar-refractivity contribution is 0.590. The molecule has 0 saturated heterocycles. The van der Waals surface area contributed by atoms with Crippen molar-refractivity contribution in [1.29, 1.82) is 0 Å². The maximum absolute atomic E-state index is 4.73. The lowest BCUT2D eigenvalue weighted by Gasteiger charge is -2.27. The summed E-state index contributed by atoms with van der Waals surface area (Å²) in [6.45, 7) is 8.91. The highest BCUT2D eigenvalue weighted by Crippen LogP contribution is 2.41. The first-order valence-electron chi connectivity index (χ1n) is 20.3. The van der Waals surface area contributed by atoms with Gasteiger partial charge in [0.15, 0.2) is 11.6 Å². The van der Waals surface area contributed by atoms with Crippen LogP contribution in [0.15, 0.2) is 206 Å². The number of nitrogens with zero attached hydrogens (tertiary/aromatic N) is 4. The van der Waals surface area contributed by atoms with Crippen LogP contribution in [0.4, 0.5) is 17.1 Å². The van der Waals surface area contributed by atoms with Crippen LogP contribution in [0.5, 0.6) is 0 Å². The number of hydrogen-bond acceptors (Lipinski definition) is 3. The molecule has 0 bridgehead atoms. The van der Waals surface area contributed by atoms with Gasteiger partial charge in [0.1, 0.15) is 0 Å². The van der Waals surface area contributed by atoms with Crippen molar-refractivity contribution in [2.24, 2.45) is 0 Å². The molecule has 0 N–H and O–H groups in total. The highest BCUT2D eigenvalue weighted by molar-refractivity contribution is 5.92. The number of aryl methyl sites for hydroxylation is 1. The molecule has 0 saturated carbocycles. The van der Waals surface area contributed by atoms with Gasteiger partial charge in [-0.05, 0) is 99.8 Å². The van der Waals surface area contributed by atoms with E-state index in [4.69, 9.17) is 5.10 Å². The van der Waals surface area contributed by atoms with E-state index in [1.165, 1.54) is 33.4 Å². The molecule has 0 aliphatic rings. The van der Waals surface area contributed by atoms with Crippen molar-refractivity contribution in [2.45, 2.75) is 33.1 Å². The number of benzene rings is 8. The average Bonchev–Trinajstić information content (AvgIpc) is 3.74. The summed E-state index contributed by atoms with van der Waals surface area (Å²) >= 11 is 0. The van der Waals surface area contributed by atoms with Gasteiger partial charge in [-0.1, -0.05) is 184 Å². The lowest BCUT2D eigenvalue weighted by Crippen LogP contribution is -2.13. The van der Waals surface area contributed by atoms with E-state index in [1.54, 1.807) is 0 Å². The van der Waals surface area contributed by atoms with Crippen LogP contribution >= 0.6 is 0 Å². The molecular weight excluding hydrogens is 717 g/mol. The van der Waals surface area contributed by atoms with E-state index >= 15 is 0 Å². The molecule has 4 nitrogen and oxygen atoms in total. The molecule has 9 rings (SSSR count). The Kier molecular flexibility index (Phi) is 10.1. The maximum Gasteiger partial charge on any atom is 0.168 e. The minimum absolute atomic E-state index is 0.0855. The second kappa shape index (κ2) is 15.9. The molecule has 9 aromatic rings. The van der Waals surface area contributed by atoms with E-state index in [9.17, 15) is 0 Å². The molecule has 0 fully saturated rings. The van der Waals surface area contributed by atoms with Crippen molar-refractivity contribution < 1.29 is 0 Å². The van der Waals surface area contributed by atoms with Gasteiger partial charge in [-0.3, -0.25) is 4.57 Å². The number of anilines is 3. The molecule has 1 aromatic heterocycles. The maximum atomic E-state index is 4.73. The Balaban J connectivity index is 1.06. The van der Waals surface area contributed by atoms with Crippen LogP contribution in [0.3, 0.4) is 0 Å². The summed E-state index contributed by atoms with van der Waals surface area (Å²) in [6, 6.07) is 73.5. The zero-order valence-corrected chi connectivity index (χ0v) is 33.9. The number of para-hydroxylation sites is 1. The third kappa shape index (κ3) is 7.61. The first-order valence-corrected chi connectivity index (χ1v) is 20.3. The highest BCUT2D eigenvalue weighted by Gasteiger charge is 2.20. The lowest BCUT2D eigenvalue weighted by atomic mass is 9.87. The molecule has 0 unspecified atom stereocenters. The Morgan fingerprint density at radius 2 is 0.746 bits per heavy atom. The average molecular weight is 763 g/mol. The van der Waals surface area contributed by atoms with Crippen molar-refractivity contribution in [3.63, 3.8) is 0 Å². The van der Waals surface area contributed by atoms with E-state index < -0.39 is 0 Å². The number of aromatic nitrogens is 3. The fraction of sp³-hybridized carbons (Fsp3) is 0.0909. The third-order valence-corrected chi connectivity index (χ3v) is 11.0. The van der Waals surface area contributed by atoms with Gasteiger partial charge in [-0.25, -0.2) is 0 Å². The van der Waals surface area contributed by atoms with E-state index in [1.807, 2.05) is 36.4 Å². The van der Waals surface area contributed by atoms with Crippen molar-refractivity contribution in [3.05, 3.63) is 217 Å². The molecule has 1 heterocycles. The van der Waals surface area contributed by atoms with Gasteiger partial charge in [-0.15, -0.1) is 10.2 Å². The topological polar surface area (TPSA) is 34.0 Å². The SMILES string of the molecule is Cc1ccc(N(c2ccc(-c3ccccc3-c3ccccc3-c3ccc(-c4nnc(-c5ccccc5)n4-c4ccccc4)cc3)cc2)c2ccc(C(C)(C)C)cc2)cc1. The zero-order chi connectivity index (χ0) is 40.3. The monoisotopic (exact) mass is 762 g/mol. The van der Waals surface area contributed by atoms with Crippen LogP contribution in [-0.4, -0.2) is 14.8 Å². The molecular formula is C55H46N4. The van der Waals surface area contributed by atoms with Gasteiger partial charge >= 0.3 is 0 Å². The predicted octanol–water partition coefficient (Wildman–Crippen LogP) is 14.7. The third-order valence-electron chi connectivity index (χ3n) is 11.0. The van der Waals surface area contributed by atoms with Gasteiger partial charge in [-0.2, -0.15) is 0 Å². The first-order chi connectivity index (χ1) is 28.8. The zero-order valence-electron chi connectivity index (χ0n) is 33.9. The van der Waals surface area contributed by atoms with Crippen molar-refractivity contribution in [1.82, 2.24) is 14.8 Å². The molecule has 4 heteroatoms.